The van der Waals surface area contributed by atoms with Gasteiger partial charge in [0.15, 0.2) is 5.96 Å². The fraction of sp³-hybridized carbons (Fsp3) is 0.952. The van der Waals surface area contributed by atoms with Crippen molar-refractivity contribution in [2.75, 3.05) is 52.5 Å². The highest BCUT2D eigenvalue weighted by molar-refractivity contribution is 14.0. The average Bonchev–Trinajstić information content (AvgIpc) is 3.38. The van der Waals surface area contributed by atoms with Gasteiger partial charge in [-0.15, -0.1) is 24.0 Å². The van der Waals surface area contributed by atoms with Crippen LogP contribution in [0.2, 0.25) is 0 Å². The summed E-state index contributed by atoms with van der Waals surface area (Å²) in [6, 6.07) is 0.573. The van der Waals surface area contributed by atoms with E-state index < -0.39 is 0 Å². The van der Waals surface area contributed by atoms with Crippen molar-refractivity contribution in [3.05, 3.63) is 0 Å². The van der Waals surface area contributed by atoms with Gasteiger partial charge in [0.1, 0.15) is 0 Å². The molecule has 7 heteroatoms. The zero-order chi connectivity index (χ0) is 19.3. The molecule has 2 unspecified atom stereocenters. The number of likely N-dealkylation sites (tertiary alicyclic amines) is 1. The number of aliphatic imine (C=N–C) groups is 1. The van der Waals surface area contributed by atoms with Crippen LogP contribution in [0, 0.1) is 5.92 Å². The Balaban J connectivity index is 0.00000392. The van der Waals surface area contributed by atoms with Crippen LogP contribution in [0.4, 0.5) is 0 Å². The minimum Gasteiger partial charge on any atom is -0.379 e. The van der Waals surface area contributed by atoms with Crippen molar-refractivity contribution in [3.8, 4) is 0 Å². The van der Waals surface area contributed by atoms with Gasteiger partial charge < -0.3 is 20.1 Å². The van der Waals surface area contributed by atoms with Crippen molar-refractivity contribution in [2.24, 2.45) is 10.9 Å². The maximum atomic E-state index is 5.84. The van der Waals surface area contributed by atoms with Gasteiger partial charge >= 0.3 is 0 Å². The van der Waals surface area contributed by atoms with Crippen molar-refractivity contribution >= 4 is 29.9 Å². The number of nitrogens with zero attached hydrogens (tertiary/aromatic N) is 2. The molecule has 0 aromatic heterocycles. The SMILES string of the molecule is CCNC(=NCC(C(CC)CC)N1CCCC1)NCCCOC1CCOC1.I. The molecule has 0 aromatic carbocycles. The fourth-order valence-corrected chi connectivity index (χ4v) is 4.17. The predicted octanol–water partition coefficient (Wildman–Crippen LogP) is 3.26. The van der Waals surface area contributed by atoms with Gasteiger partial charge in [0, 0.05) is 32.3 Å². The molecule has 166 valence electrons. The molecule has 28 heavy (non-hydrogen) atoms. The standard InChI is InChI=1S/C21H42N4O2.HI/c1-4-18(5-2)20(25-12-7-8-13-25)16-24-21(22-6-3)23-11-9-14-27-19-10-15-26-17-19;/h18-20H,4-17H2,1-3H3,(H2,22,23,24);1H. The molecule has 0 spiro atoms. The van der Waals surface area contributed by atoms with E-state index >= 15 is 0 Å². The Morgan fingerprint density at radius 2 is 1.93 bits per heavy atom. The average molecular weight is 511 g/mol. The van der Waals surface area contributed by atoms with E-state index in [1.54, 1.807) is 0 Å². The summed E-state index contributed by atoms with van der Waals surface area (Å²) in [7, 11) is 0. The van der Waals surface area contributed by atoms with E-state index in [4.69, 9.17) is 14.5 Å². The van der Waals surface area contributed by atoms with Gasteiger partial charge in [0.25, 0.3) is 0 Å². The molecule has 0 saturated carbocycles. The molecule has 2 saturated heterocycles. The molecule has 2 aliphatic heterocycles. The number of hydrogen-bond donors (Lipinski definition) is 2. The minimum atomic E-state index is 0. The summed E-state index contributed by atoms with van der Waals surface area (Å²) in [4.78, 5) is 7.61. The Labute approximate surface area is 189 Å². The predicted molar refractivity (Wildman–Crippen MR) is 128 cm³/mol. The van der Waals surface area contributed by atoms with Crippen LogP contribution in [0.15, 0.2) is 4.99 Å². The molecule has 2 atom stereocenters. The zero-order valence-corrected chi connectivity index (χ0v) is 20.6. The third-order valence-electron chi connectivity index (χ3n) is 5.84. The van der Waals surface area contributed by atoms with Crippen LogP contribution < -0.4 is 10.6 Å². The van der Waals surface area contributed by atoms with E-state index in [9.17, 15) is 0 Å². The molecule has 6 nitrogen and oxygen atoms in total. The van der Waals surface area contributed by atoms with Crippen LogP contribution in [0.3, 0.4) is 0 Å². The highest BCUT2D eigenvalue weighted by Gasteiger charge is 2.27. The van der Waals surface area contributed by atoms with E-state index in [1.807, 2.05) is 0 Å². The second-order valence-electron chi connectivity index (χ2n) is 7.74. The second kappa shape index (κ2) is 15.7. The lowest BCUT2D eigenvalue weighted by molar-refractivity contribution is 0.0420. The smallest absolute Gasteiger partial charge is 0.191 e. The summed E-state index contributed by atoms with van der Waals surface area (Å²) in [6.07, 6.45) is 7.47. The van der Waals surface area contributed by atoms with Gasteiger partial charge in [-0.3, -0.25) is 9.89 Å². The minimum absolute atomic E-state index is 0. The van der Waals surface area contributed by atoms with Crippen LogP contribution in [0.5, 0.6) is 0 Å². The van der Waals surface area contributed by atoms with Gasteiger partial charge in [-0.1, -0.05) is 26.7 Å². The Hall–Kier alpha value is -0.120. The molecule has 0 aromatic rings. The van der Waals surface area contributed by atoms with Crippen LogP contribution >= 0.6 is 24.0 Å². The van der Waals surface area contributed by atoms with E-state index in [2.05, 4.69) is 36.3 Å². The Bertz CT molecular complexity index is 407. The Morgan fingerprint density at radius 1 is 1.18 bits per heavy atom. The van der Waals surface area contributed by atoms with E-state index in [1.165, 1.54) is 38.8 Å². The first-order valence-corrected chi connectivity index (χ1v) is 11.2. The van der Waals surface area contributed by atoms with Crippen LogP contribution in [0.25, 0.3) is 0 Å². The number of rotatable bonds is 12. The quantitative estimate of drug-likeness (QED) is 0.183. The lowest BCUT2D eigenvalue weighted by Crippen LogP contribution is -2.43. The first kappa shape index (κ1) is 25.9. The van der Waals surface area contributed by atoms with Gasteiger partial charge in [-0.2, -0.15) is 0 Å². The number of ether oxygens (including phenoxy) is 2. The lowest BCUT2D eigenvalue weighted by atomic mass is 9.93. The number of nitrogens with one attached hydrogen (secondary N) is 2. The summed E-state index contributed by atoms with van der Waals surface area (Å²) < 4.78 is 11.2. The molecule has 2 rings (SSSR count). The first-order valence-electron chi connectivity index (χ1n) is 11.2. The first-order chi connectivity index (χ1) is 13.3. The number of halogens is 1. The van der Waals surface area contributed by atoms with Gasteiger partial charge in [-0.25, -0.2) is 0 Å². The summed E-state index contributed by atoms with van der Waals surface area (Å²) in [5.41, 5.74) is 0. The Kier molecular flexibility index (Phi) is 14.5. The molecule has 2 N–H and O–H groups in total. The monoisotopic (exact) mass is 510 g/mol. The van der Waals surface area contributed by atoms with Crippen molar-refractivity contribution in [3.63, 3.8) is 0 Å². The Morgan fingerprint density at radius 3 is 2.54 bits per heavy atom. The molecule has 0 aliphatic carbocycles. The van der Waals surface area contributed by atoms with E-state index in [-0.39, 0.29) is 24.0 Å². The number of guanidine groups is 1. The van der Waals surface area contributed by atoms with Crippen molar-refractivity contribution in [2.45, 2.75) is 71.4 Å². The number of hydrogen-bond acceptors (Lipinski definition) is 4. The maximum Gasteiger partial charge on any atom is 0.191 e. The summed E-state index contributed by atoms with van der Waals surface area (Å²) in [5.74, 6) is 1.67. The maximum absolute atomic E-state index is 5.84. The van der Waals surface area contributed by atoms with Crippen molar-refractivity contribution in [1.82, 2.24) is 15.5 Å². The van der Waals surface area contributed by atoms with Gasteiger partial charge in [0.2, 0.25) is 0 Å². The van der Waals surface area contributed by atoms with Gasteiger partial charge in [0.05, 0.1) is 19.3 Å². The van der Waals surface area contributed by atoms with Crippen molar-refractivity contribution < 1.29 is 9.47 Å². The summed E-state index contributed by atoms with van der Waals surface area (Å²) >= 11 is 0. The van der Waals surface area contributed by atoms with Crippen LogP contribution in [-0.2, 0) is 9.47 Å². The molecule has 2 fully saturated rings. The third-order valence-corrected chi connectivity index (χ3v) is 5.84. The van der Waals surface area contributed by atoms with E-state index in [0.29, 0.717) is 12.1 Å². The highest BCUT2D eigenvalue weighted by Crippen LogP contribution is 2.23. The van der Waals surface area contributed by atoms with Crippen LogP contribution in [-0.4, -0.2) is 75.5 Å². The molecule has 0 bridgehead atoms. The summed E-state index contributed by atoms with van der Waals surface area (Å²) in [5, 5.41) is 6.87. The normalized spacial score (nSPS) is 21.7. The third kappa shape index (κ3) is 9.13. The second-order valence-corrected chi connectivity index (χ2v) is 7.74. The molecular formula is C21H43IN4O2. The van der Waals surface area contributed by atoms with E-state index in [0.717, 1.165) is 64.2 Å². The molecule has 0 amide bonds. The topological polar surface area (TPSA) is 58.1 Å². The molecule has 2 aliphatic rings. The highest BCUT2D eigenvalue weighted by atomic mass is 127. The largest absolute Gasteiger partial charge is 0.379 e. The lowest BCUT2D eigenvalue weighted by Gasteiger charge is -2.32. The summed E-state index contributed by atoms with van der Waals surface area (Å²) in [6.45, 7) is 14.3. The van der Waals surface area contributed by atoms with Crippen molar-refractivity contribution in [1.29, 1.82) is 0 Å². The zero-order valence-electron chi connectivity index (χ0n) is 18.3. The molecule has 0 radical (unpaired) electrons. The van der Waals surface area contributed by atoms with Crippen LogP contribution in [0.1, 0.15) is 59.3 Å². The molecule has 2 heterocycles. The fourth-order valence-electron chi connectivity index (χ4n) is 4.17. The molecular weight excluding hydrogens is 467 g/mol. The van der Waals surface area contributed by atoms with Gasteiger partial charge in [-0.05, 0) is 51.6 Å².